The second-order valence-electron chi connectivity index (χ2n) is 4.04. The van der Waals surface area contributed by atoms with E-state index in [0.717, 1.165) is 10.9 Å². The van der Waals surface area contributed by atoms with E-state index in [1.807, 2.05) is 24.3 Å². The molecule has 3 aromatic rings. The minimum Gasteiger partial charge on any atom is -0.480 e. The fourth-order valence-corrected chi connectivity index (χ4v) is 1.95. The number of carbonyl (C=O) groups is 1. The van der Waals surface area contributed by atoms with Crippen molar-refractivity contribution in [2.75, 3.05) is 7.11 Å². The highest BCUT2D eigenvalue weighted by Crippen LogP contribution is 2.20. The normalized spacial score (nSPS) is 10.6. The maximum absolute atomic E-state index is 12.4. The molecule has 0 atom stereocenters. The Kier molecular flexibility index (Phi) is 2.72. The number of ketones is 1. The maximum atomic E-state index is 12.4. The number of hydrogen-bond acceptors (Lipinski definition) is 4. The molecule has 0 radical (unpaired) electrons. The van der Waals surface area contributed by atoms with Crippen LogP contribution in [0.5, 0.6) is 5.88 Å². The van der Waals surface area contributed by atoms with Crippen molar-refractivity contribution in [2.24, 2.45) is 0 Å². The van der Waals surface area contributed by atoms with Crippen LogP contribution in [0.15, 0.2) is 42.6 Å². The summed E-state index contributed by atoms with van der Waals surface area (Å²) in [5.74, 6) is 0.225. The van der Waals surface area contributed by atoms with Gasteiger partial charge in [0.25, 0.3) is 0 Å². The Bertz CT molecular complexity index is 732. The van der Waals surface area contributed by atoms with Gasteiger partial charge in [-0.25, -0.2) is 0 Å². The third kappa shape index (κ3) is 1.95. The van der Waals surface area contributed by atoms with Gasteiger partial charge in [-0.3, -0.25) is 4.79 Å². The van der Waals surface area contributed by atoms with E-state index in [1.54, 1.807) is 18.3 Å². The van der Waals surface area contributed by atoms with Gasteiger partial charge in [-0.05, 0) is 12.1 Å². The molecule has 5 nitrogen and oxygen atoms in total. The predicted octanol–water partition coefficient (Wildman–Crippen LogP) is 2.20. The van der Waals surface area contributed by atoms with Crippen LogP contribution < -0.4 is 4.74 Å². The molecular weight excluding hydrogens is 242 g/mol. The summed E-state index contributed by atoms with van der Waals surface area (Å²) in [6.07, 6.45) is 1.69. The maximum Gasteiger partial charge on any atom is 0.233 e. The summed E-state index contributed by atoms with van der Waals surface area (Å²) < 4.78 is 4.92. The van der Waals surface area contributed by atoms with Crippen LogP contribution in [0.2, 0.25) is 0 Å². The number of H-pyrrole nitrogens is 1. The molecule has 0 amide bonds. The van der Waals surface area contributed by atoms with Crippen LogP contribution in [0, 0.1) is 0 Å². The van der Waals surface area contributed by atoms with Crippen molar-refractivity contribution >= 4 is 16.7 Å². The number of ether oxygens (including phenoxy) is 1. The Morgan fingerprint density at radius 3 is 2.74 bits per heavy atom. The van der Waals surface area contributed by atoms with Crippen LogP contribution in [0.3, 0.4) is 0 Å². The zero-order valence-corrected chi connectivity index (χ0v) is 10.3. The predicted molar refractivity (Wildman–Crippen MR) is 70.3 cm³/mol. The zero-order valence-electron chi connectivity index (χ0n) is 10.3. The number of methoxy groups -OCH3 is 1. The van der Waals surface area contributed by atoms with E-state index in [2.05, 4.69) is 15.2 Å². The van der Waals surface area contributed by atoms with E-state index in [0.29, 0.717) is 17.1 Å². The molecule has 0 aliphatic carbocycles. The van der Waals surface area contributed by atoms with Crippen molar-refractivity contribution < 1.29 is 9.53 Å². The van der Waals surface area contributed by atoms with Crippen molar-refractivity contribution in [1.29, 1.82) is 0 Å². The number of fused-ring (bicyclic) bond motifs is 1. The van der Waals surface area contributed by atoms with E-state index < -0.39 is 0 Å². The summed E-state index contributed by atoms with van der Waals surface area (Å²) in [5, 5.41) is 8.56. The Morgan fingerprint density at radius 2 is 2.00 bits per heavy atom. The SMILES string of the molecule is COc1ccc(C(=O)c2c[nH]c3ccccc23)nn1. The molecule has 0 saturated carbocycles. The van der Waals surface area contributed by atoms with Gasteiger partial charge in [0, 0.05) is 28.7 Å². The van der Waals surface area contributed by atoms with E-state index >= 15 is 0 Å². The van der Waals surface area contributed by atoms with Gasteiger partial charge >= 0.3 is 0 Å². The number of carbonyl (C=O) groups excluding carboxylic acids is 1. The molecule has 0 bridgehead atoms. The highest BCUT2D eigenvalue weighted by atomic mass is 16.5. The molecule has 19 heavy (non-hydrogen) atoms. The molecule has 0 aliphatic rings. The quantitative estimate of drug-likeness (QED) is 0.726. The van der Waals surface area contributed by atoms with Crippen molar-refractivity contribution in [1.82, 2.24) is 15.2 Å². The number of para-hydroxylation sites is 1. The zero-order chi connectivity index (χ0) is 13.2. The number of benzene rings is 1. The van der Waals surface area contributed by atoms with Crippen molar-refractivity contribution in [3.63, 3.8) is 0 Å². The first-order valence-corrected chi connectivity index (χ1v) is 5.78. The lowest BCUT2D eigenvalue weighted by Crippen LogP contribution is -2.05. The van der Waals surface area contributed by atoms with E-state index in [1.165, 1.54) is 7.11 Å². The Hall–Kier alpha value is -2.69. The third-order valence-corrected chi connectivity index (χ3v) is 2.92. The van der Waals surface area contributed by atoms with Gasteiger partial charge in [-0.2, -0.15) is 0 Å². The molecule has 0 saturated heterocycles. The van der Waals surface area contributed by atoms with Crippen LogP contribution in [0.25, 0.3) is 10.9 Å². The molecule has 2 aromatic heterocycles. The molecule has 1 N–H and O–H groups in total. The summed E-state index contributed by atoms with van der Waals surface area (Å²) in [4.78, 5) is 15.4. The number of nitrogens with one attached hydrogen (secondary N) is 1. The van der Waals surface area contributed by atoms with Crippen LogP contribution >= 0.6 is 0 Å². The molecule has 0 unspecified atom stereocenters. The van der Waals surface area contributed by atoms with Crippen LogP contribution in [0.4, 0.5) is 0 Å². The van der Waals surface area contributed by atoms with E-state index in [-0.39, 0.29) is 5.78 Å². The summed E-state index contributed by atoms with van der Waals surface area (Å²) >= 11 is 0. The monoisotopic (exact) mass is 253 g/mol. The van der Waals surface area contributed by atoms with E-state index in [9.17, 15) is 4.79 Å². The van der Waals surface area contributed by atoms with Crippen LogP contribution in [0.1, 0.15) is 16.1 Å². The first-order valence-electron chi connectivity index (χ1n) is 5.78. The Labute approximate surface area is 109 Å². The molecule has 0 spiro atoms. The van der Waals surface area contributed by atoms with Gasteiger partial charge in [0.1, 0.15) is 5.69 Å². The van der Waals surface area contributed by atoms with Crippen LogP contribution in [-0.4, -0.2) is 28.1 Å². The molecule has 3 rings (SSSR count). The summed E-state index contributed by atoms with van der Waals surface area (Å²) in [6.45, 7) is 0. The fourth-order valence-electron chi connectivity index (χ4n) is 1.95. The lowest BCUT2D eigenvalue weighted by atomic mass is 10.1. The largest absolute Gasteiger partial charge is 0.480 e. The molecule has 0 aliphatic heterocycles. The van der Waals surface area contributed by atoms with Gasteiger partial charge in [0.15, 0.2) is 0 Å². The first-order chi connectivity index (χ1) is 9.29. The molecule has 0 fully saturated rings. The Morgan fingerprint density at radius 1 is 1.16 bits per heavy atom. The summed E-state index contributed by atoms with van der Waals surface area (Å²) in [7, 11) is 1.51. The lowest BCUT2D eigenvalue weighted by Gasteiger charge is -2.00. The van der Waals surface area contributed by atoms with Gasteiger partial charge in [0.05, 0.1) is 7.11 Å². The van der Waals surface area contributed by atoms with Crippen molar-refractivity contribution in [3.8, 4) is 5.88 Å². The standard InChI is InChI=1S/C14H11N3O2/c1-19-13-7-6-12(16-17-13)14(18)10-8-15-11-5-3-2-4-9(10)11/h2-8,15H,1H3. The average Bonchev–Trinajstić information content (AvgIpc) is 2.90. The number of rotatable bonds is 3. The number of hydrogen-bond donors (Lipinski definition) is 1. The highest BCUT2D eigenvalue weighted by molar-refractivity contribution is 6.15. The highest BCUT2D eigenvalue weighted by Gasteiger charge is 2.15. The van der Waals surface area contributed by atoms with Crippen LogP contribution in [-0.2, 0) is 0 Å². The molecule has 94 valence electrons. The van der Waals surface area contributed by atoms with E-state index in [4.69, 9.17) is 4.74 Å². The van der Waals surface area contributed by atoms with Crippen molar-refractivity contribution in [3.05, 3.63) is 53.9 Å². The topological polar surface area (TPSA) is 67.9 Å². The van der Waals surface area contributed by atoms with Gasteiger partial charge < -0.3 is 9.72 Å². The third-order valence-electron chi connectivity index (χ3n) is 2.92. The first kappa shape index (κ1) is 11.4. The van der Waals surface area contributed by atoms with Gasteiger partial charge in [0.2, 0.25) is 11.7 Å². The molecule has 1 aromatic carbocycles. The average molecular weight is 253 g/mol. The smallest absolute Gasteiger partial charge is 0.233 e. The molecule has 2 heterocycles. The lowest BCUT2D eigenvalue weighted by molar-refractivity contribution is 0.103. The minimum atomic E-state index is -0.160. The Balaban J connectivity index is 2.03. The second kappa shape index (κ2) is 4.53. The van der Waals surface area contributed by atoms with Crippen molar-refractivity contribution in [2.45, 2.75) is 0 Å². The number of aromatic amines is 1. The number of nitrogens with zero attached hydrogens (tertiary/aromatic N) is 2. The number of aromatic nitrogens is 3. The fraction of sp³-hybridized carbons (Fsp3) is 0.0714. The van der Waals surface area contributed by atoms with Gasteiger partial charge in [-0.1, -0.05) is 18.2 Å². The summed E-state index contributed by atoms with van der Waals surface area (Å²) in [6, 6.07) is 10.9. The second-order valence-corrected chi connectivity index (χ2v) is 4.04. The van der Waals surface area contributed by atoms with Gasteiger partial charge in [-0.15, -0.1) is 10.2 Å². The summed E-state index contributed by atoms with van der Waals surface area (Å²) in [5.41, 5.74) is 1.81. The molecular formula is C14H11N3O2. The minimum absolute atomic E-state index is 0.160. The molecule has 5 heteroatoms.